The van der Waals surface area contributed by atoms with Crippen LogP contribution in [0.5, 0.6) is 5.75 Å². The van der Waals surface area contributed by atoms with Crippen LogP contribution in [0.2, 0.25) is 0 Å². The summed E-state index contributed by atoms with van der Waals surface area (Å²) in [6, 6.07) is 7.32. The fourth-order valence-corrected chi connectivity index (χ4v) is 1.81. The first-order chi connectivity index (χ1) is 7.63. The van der Waals surface area contributed by atoms with Crippen molar-refractivity contribution in [1.29, 1.82) is 0 Å². The fourth-order valence-electron chi connectivity index (χ4n) is 1.81. The Labute approximate surface area is 94.4 Å². The molecule has 4 heteroatoms. The molecule has 0 saturated carbocycles. The van der Waals surface area contributed by atoms with E-state index in [4.69, 9.17) is 4.74 Å². The van der Waals surface area contributed by atoms with Gasteiger partial charge >= 0.3 is 0 Å². The van der Waals surface area contributed by atoms with Crippen molar-refractivity contribution in [2.24, 2.45) is 5.92 Å². The van der Waals surface area contributed by atoms with Gasteiger partial charge in [0.2, 0.25) is 5.91 Å². The van der Waals surface area contributed by atoms with Crippen LogP contribution in [0.25, 0.3) is 0 Å². The number of hydrogen-bond acceptors (Lipinski definition) is 3. The number of rotatable bonds is 3. The minimum atomic E-state index is -0.568. The topological polar surface area (TPSA) is 49.8 Å². The number of carbonyl (C=O) groups excluding carboxylic acids is 1. The second kappa shape index (κ2) is 4.14. The highest BCUT2D eigenvalue weighted by molar-refractivity contribution is 6.01. The van der Waals surface area contributed by atoms with Gasteiger partial charge in [-0.15, -0.1) is 0 Å². The van der Waals surface area contributed by atoms with Gasteiger partial charge in [0, 0.05) is 12.2 Å². The van der Waals surface area contributed by atoms with Gasteiger partial charge in [0.05, 0.1) is 19.1 Å². The lowest BCUT2D eigenvalue weighted by atomic mass is 9.93. The summed E-state index contributed by atoms with van der Waals surface area (Å²) in [6.07, 6.45) is -0.568. The molecule has 0 aliphatic carbocycles. The van der Waals surface area contributed by atoms with E-state index >= 15 is 0 Å². The normalized spacial score (nSPS) is 21.6. The lowest BCUT2D eigenvalue weighted by molar-refractivity contribution is -0.131. The molecular formula is C12H15NO3. The smallest absolute Gasteiger partial charge is 0.234 e. The van der Waals surface area contributed by atoms with Gasteiger partial charge < -0.3 is 14.7 Å². The van der Waals surface area contributed by atoms with Crippen LogP contribution in [0, 0.1) is 5.92 Å². The fraction of sp³-hybridized carbons (Fsp3) is 0.417. The lowest BCUT2D eigenvalue weighted by Crippen LogP contribution is -2.56. The molecule has 1 saturated heterocycles. The summed E-state index contributed by atoms with van der Waals surface area (Å²) in [6.45, 7) is 2.23. The van der Waals surface area contributed by atoms with Gasteiger partial charge in [-0.1, -0.05) is 0 Å². The highest BCUT2D eigenvalue weighted by Crippen LogP contribution is 2.29. The van der Waals surface area contributed by atoms with Crippen molar-refractivity contribution in [2.45, 2.75) is 13.0 Å². The quantitative estimate of drug-likeness (QED) is 0.776. The Balaban J connectivity index is 2.07. The molecule has 2 atom stereocenters. The van der Waals surface area contributed by atoms with E-state index in [-0.39, 0.29) is 11.8 Å². The Hall–Kier alpha value is -1.55. The summed E-state index contributed by atoms with van der Waals surface area (Å²) >= 11 is 0. The summed E-state index contributed by atoms with van der Waals surface area (Å²) in [5.41, 5.74) is 0.850. The molecule has 1 aromatic carbocycles. The molecule has 86 valence electrons. The molecule has 1 heterocycles. The van der Waals surface area contributed by atoms with Gasteiger partial charge in [-0.05, 0) is 31.2 Å². The first-order valence-corrected chi connectivity index (χ1v) is 5.27. The molecule has 0 spiro atoms. The second-order valence-corrected chi connectivity index (χ2v) is 3.99. The predicted molar refractivity (Wildman–Crippen MR) is 60.5 cm³/mol. The van der Waals surface area contributed by atoms with Gasteiger partial charge in [-0.2, -0.15) is 0 Å². The van der Waals surface area contributed by atoms with Gasteiger partial charge in [0.25, 0.3) is 0 Å². The van der Waals surface area contributed by atoms with E-state index in [1.807, 2.05) is 24.3 Å². The average molecular weight is 221 g/mol. The molecule has 4 nitrogen and oxygen atoms in total. The molecule has 2 rings (SSSR count). The number of nitrogens with zero attached hydrogens (tertiary/aromatic N) is 1. The first kappa shape index (κ1) is 11.0. The third-order valence-corrected chi connectivity index (χ3v) is 2.93. The average Bonchev–Trinajstić information content (AvgIpc) is 2.27. The predicted octanol–water partition coefficient (Wildman–Crippen LogP) is 1.04. The molecule has 1 amide bonds. The van der Waals surface area contributed by atoms with Crippen molar-refractivity contribution in [3.8, 4) is 5.75 Å². The number of methoxy groups -OCH3 is 1. The van der Waals surface area contributed by atoms with E-state index in [0.717, 1.165) is 11.4 Å². The Morgan fingerprint density at radius 1 is 1.44 bits per heavy atom. The SMILES string of the molecule is COc1ccc(N2C[C@@H]([C@@H](C)O)C2=O)cc1. The first-order valence-electron chi connectivity index (χ1n) is 5.27. The van der Waals surface area contributed by atoms with Gasteiger partial charge in [-0.25, -0.2) is 0 Å². The maximum atomic E-state index is 11.7. The van der Waals surface area contributed by atoms with Crippen molar-refractivity contribution in [2.75, 3.05) is 18.6 Å². The zero-order valence-electron chi connectivity index (χ0n) is 9.38. The van der Waals surface area contributed by atoms with Crippen LogP contribution in [-0.4, -0.2) is 30.8 Å². The molecule has 0 unspecified atom stereocenters. The molecule has 1 fully saturated rings. The highest BCUT2D eigenvalue weighted by Gasteiger charge is 2.40. The number of ether oxygens (including phenoxy) is 1. The number of benzene rings is 1. The molecule has 1 N–H and O–H groups in total. The summed E-state index contributed by atoms with van der Waals surface area (Å²) in [5, 5.41) is 9.32. The van der Waals surface area contributed by atoms with Crippen LogP contribution >= 0.6 is 0 Å². The number of aliphatic hydroxyl groups excluding tert-OH is 1. The summed E-state index contributed by atoms with van der Waals surface area (Å²) in [4.78, 5) is 13.4. The Morgan fingerprint density at radius 3 is 2.50 bits per heavy atom. The number of carbonyl (C=O) groups is 1. The number of hydrogen-bond donors (Lipinski definition) is 1. The van der Waals surface area contributed by atoms with E-state index in [2.05, 4.69) is 0 Å². The minimum absolute atomic E-state index is 0.0137. The number of aliphatic hydroxyl groups is 1. The van der Waals surface area contributed by atoms with Crippen molar-refractivity contribution >= 4 is 11.6 Å². The zero-order valence-corrected chi connectivity index (χ0v) is 9.38. The van der Waals surface area contributed by atoms with Gasteiger partial charge in [0.15, 0.2) is 0 Å². The Morgan fingerprint density at radius 2 is 2.06 bits per heavy atom. The molecule has 1 aromatic rings. The zero-order chi connectivity index (χ0) is 11.7. The van der Waals surface area contributed by atoms with Crippen molar-refractivity contribution in [1.82, 2.24) is 0 Å². The van der Waals surface area contributed by atoms with Crippen LogP contribution in [0.15, 0.2) is 24.3 Å². The van der Waals surface area contributed by atoms with Gasteiger partial charge in [-0.3, -0.25) is 4.79 Å². The molecule has 0 bridgehead atoms. The van der Waals surface area contributed by atoms with E-state index in [0.29, 0.717) is 6.54 Å². The molecule has 16 heavy (non-hydrogen) atoms. The third kappa shape index (κ3) is 1.76. The summed E-state index contributed by atoms with van der Waals surface area (Å²) < 4.78 is 5.04. The monoisotopic (exact) mass is 221 g/mol. The van der Waals surface area contributed by atoms with Crippen LogP contribution in [0.1, 0.15) is 6.92 Å². The second-order valence-electron chi connectivity index (χ2n) is 3.99. The van der Waals surface area contributed by atoms with Crippen molar-refractivity contribution in [3.63, 3.8) is 0 Å². The van der Waals surface area contributed by atoms with Crippen LogP contribution in [-0.2, 0) is 4.79 Å². The maximum Gasteiger partial charge on any atom is 0.234 e. The van der Waals surface area contributed by atoms with E-state index < -0.39 is 6.10 Å². The van der Waals surface area contributed by atoms with Crippen LogP contribution in [0.4, 0.5) is 5.69 Å². The maximum absolute atomic E-state index is 11.7. The van der Waals surface area contributed by atoms with Crippen molar-refractivity contribution in [3.05, 3.63) is 24.3 Å². The molecule has 1 aliphatic rings. The Bertz CT molecular complexity index is 386. The van der Waals surface area contributed by atoms with E-state index in [1.165, 1.54) is 0 Å². The summed E-state index contributed by atoms with van der Waals surface area (Å²) in [5.74, 6) is 0.506. The van der Waals surface area contributed by atoms with E-state index in [9.17, 15) is 9.90 Å². The lowest BCUT2D eigenvalue weighted by Gasteiger charge is -2.39. The van der Waals surface area contributed by atoms with Crippen LogP contribution < -0.4 is 9.64 Å². The standard InChI is InChI=1S/C12H15NO3/c1-8(14)11-7-13(12(11)15)9-3-5-10(16-2)6-4-9/h3-6,8,11,14H,7H2,1-2H3/t8-,11+/m1/s1. The number of amides is 1. The summed E-state index contributed by atoms with van der Waals surface area (Å²) in [7, 11) is 1.60. The van der Waals surface area contributed by atoms with E-state index in [1.54, 1.807) is 18.9 Å². The highest BCUT2D eigenvalue weighted by atomic mass is 16.5. The largest absolute Gasteiger partial charge is 0.497 e. The molecule has 1 aliphatic heterocycles. The van der Waals surface area contributed by atoms with Crippen molar-refractivity contribution < 1.29 is 14.6 Å². The number of anilines is 1. The third-order valence-electron chi connectivity index (χ3n) is 2.93. The molecule has 0 radical (unpaired) electrons. The Kier molecular flexibility index (Phi) is 2.83. The van der Waals surface area contributed by atoms with Gasteiger partial charge in [0.1, 0.15) is 5.75 Å². The molecular weight excluding hydrogens is 206 g/mol. The molecule has 0 aromatic heterocycles. The van der Waals surface area contributed by atoms with Crippen LogP contribution in [0.3, 0.4) is 0 Å². The minimum Gasteiger partial charge on any atom is -0.497 e. The number of β-lactam (4-membered cyclic amide) rings is 1.